The number of phosphoric acid groups is 1. The number of hydrogen-bond acceptors (Lipinski definition) is 16. The quantitative estimate of drug-likeness (QED) is 0.123. The Kier molecular flexibility index (Phi) is 7.08. The third-order valence-corrected chi connectivity index (χ3v) is 13.2. The largest absolute Gasteiger partial charge is 0.472 e. The highest BCUT2D eigenvalue weighted by Crippen LogP contribution is 2.73. The number of anilines is 1. The lowest BCUT2D eigenvalue weighted by Gasteiger charge is -2.30. The molecule has 4 fully saturated rings. The van der Waals surface area contributed by atoms with Gasteiger partial charge in [0.1, 0.15) is 41.4 Å². The van der Waals surface area contributed by atoms with Gasteiger partial charge in [-0.2, -0.15) is 0 Å². The minimum absolute atomic E-state index is 0.0179. The summed E-state index contributed by atoms with van der Waals surface area (Å²) in [4.78, 5) is 47.0. The fourth-order valence-electron chi connectivity index (χ4n) is 6.90. The number of phosphoric ester groups is 1. The Balaban J connectivity index is 1.14. The number of rotatable bonds is 2. The van der Waals surface area contributed by atoms with Crippen LogP contribution in [0.5, 0.6) is 0 Å². The molecule has 246 valence electrons. The molecule has 4 aliphatic rings. The number of nitrogen functional groups attached to an aromatic ring is 1. The van der Waals surface area contributed by atoms with Crippen LogP contribution in [0.3, 0.4) is 0 Å². The predicted molar refractivity (Wildman–Crippen MR) is 163 cm³/mol. The summed E-state index contributed by atoms with van der Waals surface area (Å²) in [7, 11) is -4.91. The van der Waals surface area contributed by atoms with Gasteiger partial charge in [-0.05, 0) is 19.3 Å². The summed E-state index contributed by atoms with van der Waals surface area (Å²) in [6, 6.07) is -0.722. The Morgan fingerprint density at radius 3 is 2.65 bits per heavy atom. The van der Waals surface area contributed by atoms with Crippen molar-refractivity contribution < 1.29 is 42.3 Å². The highest BCUT2D eigenvalue weighted by atomic mass is 32.7. The molecule has 1 spiro atoms. The molecule has 23 heteroatoms. The molecule has 6 N–H and O–H groups in total. The van der Waals surface area contributed by atoms with Gasteiger partial charge in [0.25, 0.3) is 5.56 Å². The Labute approximate surface area is 267 Å². The van der Waals surface area contributed by atoms with E-state index in [4.69, 9.17) is 23.8 Å². The Hall–Kier alpha value is -2.42. The number of thioether (sulfide) groups is 1. The van der Waals surface area contributed by atoms with Crippen LogP contribution >= 0.6 is 38.6 Å². The molecule has 46 heavy (non-hydrogen) atoms. The van der Waals surface area contributed by atoms with Gasteiger partial charge in [-0.1, -0.05) is 12.2 Å². The zero-order chi connectivity index (χ0) is 32.3. The van der Waals surface area contributed by atoms with Crippen LogP contribution in [0.4, 0.5) is 5.82 Å². The van der Waals surface area contributed by atoms with E-state index in [2.05, 4.69) is 42.2 Å². The number of aromatic nitrogens is 8. The Morgan fingerprint density at radius 1 is 1.09 bits per heavy atom. The molecule has 0 aromatic carbocycles. The first kappa shape index (κ1) is 30.9. The summed E-state index contributed by atoms with van der Waals surface area (Å²) in [5.41, 5.74) is 5.21. The molecule has 2 saturated heterocycles. The Bertz CT molecular complexity index is 2050. The molecular formula is C23H27N9O10P2S2. The van der Waals surface area contributed by atoms with Crippen LogP contribution < -0.4 is 11.3 Å². The van der Waals surface area contributed by atoms with E-state index in [0.29, 0.717) is 23.4 Å². The summed E-state index contributed by atoms with van der Waals surface area (Å²) >= 11 is 5.24. The van der Waals surface area contributed by atoms with Gasteiger partial charge in [0.15, 0.2) is 22.6 Å². The molecule has 19 nitrogen and oxygen atoms in total. The van der Waals surface area contributed by atoms with Crippen LogP contribution in [-0.2, 0) is 27.2 Å². The van der Waals surface area contributed by atoms with Gasteiger partial charge in [-0.3, -0.25) is 27.5 Å². The molecule has 8 rings (SSSR count). The fraction of sp³-hybridized carbons (Fsp3) is 0.565. The lowest BCUT2D eigenvalue weighted by Crippen LogP contribution is -2.37. The van der Waals surface area contributed by atoms with Crippen molar-refractivity contribution in [1.82, 2.24) is 39.0 Å². The number of hydrogen-bond donors (Lipinski definition) is 6. The maximum absolute atomic E-state index is 13.6. The van der Waals surface area contributed by atoms with Gasteiger partial charge in [0.05, 0.1) is 43.3 Å². The molecule has 0 radical (unpaired) electrons. The van der Waals surface area contributed by atoms with Crippen LogP contribution in [0.15, 0.2) is 23.8 Å². The molecule has 4 aromatic rings. The van der Waals surface area contributed by atoms with Crippen LogP contribution in [0.2, 0.25) is 0 Å². The van der Waals surface area contributed by atoms with Crippen LogP contribution in [0.25, 0.3) is 22.3 Å². The first-order valence-corrected chi connectivity index (χ1v) is 19.1. The highest BCUT2D eigenvalue weighted by Gasteiger charge is 2.74. The number of aromatic amines is 1. The molecule has 0 amide bonds. The van der Waals surface area contributed by atoms with Crippen molar-refractivity contribution in [2.75, 3.05) is 18.9 Å². The molecule has 1 unspecified atom stereocenters. The van der Waals surface area contributed by atoms with E-state index in [9.17, 15) is 29.0 Å². The van der Waals surface area contributed by atoms with Crippen molar-refractivity contribution in [3.8, 4) is 0 Å². The average molecular weight is 716 g/mol. The number of imidazole rings is 2. The van der Waals surface area contributed by atoms with Crippen LogP contribution in [0.1, 0.15) is 23.7 Å². The molecule has 2 aliphatic heterocycles. The summed E-state index contributed by atoms with van der Waals surface area (Å²) in [5, 5.41) is 21.0. The summed E-state index contributed by atoms with van der Waals surface area (Å²) < 4.78 is 52.9. The van der Waals surface area contributed by atoms with Crippen molar-refractivity contribution in [3.63, 3.8) is 0 Å². The number of aliphatic hydroxyl groups excluding tert-OH is 2. The van der Waals surface area contributed by atoms with E-state index in [-0.39, 0.29) is 23.6 Å². The number of aryl methyl sites for hydroxylation is 1. The zero-order valence-electron chi connectivity index (χ0n) is 23.6. The van der Waals surface area contributed by atoms with E-state index >= 15 is 0 Å². The van der Waals surface area contributed by atoms with E-state index in [1.165, 1.54) is 23.5 Å². The maximum Gasteiger partial charge on any atom is 0.472 e. The minimum Gasteiger partial charge on any atom is -0.389 e. The van der Waals surface area contributed by atoms with Crippen molar-refractivity contribution in [2.45, 2.75) is 54.4 Å². The smallest absolute Gasteiger partial charge is 0.389 e. The monoisotopic (exact) mass is 715 g/mol. The van der Waals surface area contributed by atoms with E-state index < -0.39 is 79.2 Å². The second kappa shape index (κ2) is 10.5. The van der Waals surface area contributed by atoms with Gasteiger partial charge in [-0.15, -0.1) is 11.8 Å². The number of nitrogens with zero attached hydrogens (tertiary/aromatic N) is 7. The van der Waals surface area contributed by atoms with Crippen molar-refractivity contribution >= 4 is 66.8 Å². The number of H-pyrrole nitrogens is 1. The molecule has 2 bridgehead atoms. The third-order valence-electron chi connectivity index (χ3n) is 9.06. The number of nitrogens with two attached hydrogens (primary N) is 1. The van der Waals surface area contributed by atoms with Crippen molar-refractivity contribution in [3.05, 3.63) is 35.2 Å². The lowest BCUT2D eigenvalue weighted by atomic mass is 10.0. The molecule has 11 atom stereocenters. The molecule has 4 aromatic heterocycles. The van der Waals surface area contributed by atoms with Gasteiger partial charge >= 0.3 is 14.6 Å². The lowest BCUT2D eigenvalue weighted by molar-refractivity contribution is -0.0224. The standard InChI is InChI=1S/C23H27N9O10P2S2/c1-8-29-20-12(21(35)30-8)28-7-32(20)22-16-14(33)10(46-22)3-39-44(38,45)42-17-15(34)13(9-2-23(9,17)4-40-43(36,37)41-16)31-6-27-11-18(24)25-5-26-19(11)31/h5-7,9-10,13-17,22,33-34H,2-4H2,1H3,(H,36,37)(H,38,45)(H2,24,25,26)(H,29,30,35)/t9-,10-,13-,14-,15+,16-,17+,22-,23+,44+/m1/s1. The first-order valence-electron chi connectivity index (χ1n) is 14.0. The number of aliphatic hydroxyl groups is 2. The molecule has 2 aliphatic carbocycles. The maximum atomic E-state index is 13.6. The van der Waals surface area contributed by atoms with Gasteiger partial charge in [0, 0.05) is 5.41 Å². The molecule has 6 heterocycles. The molecule has 2 saturated carbocycles. The average Bonchev–Trinajstić information content (AvgIpc) is 3.26. The zero-order valence-corrected chi connectivity index (χ0v) is 27.1. The first-order chi connectivity index (χ1) is 21.8. The SMILES string of the molecule is Cc1nc2c(ncn2[C@@H]2S[C@@H]3CO[P@](=O)(S)O[C@H]4[C@@H](O)[C@H](n5cnc6c(N)ncnc65)[C@H]5C[C@]54COP(=O)(O)O[C@@H]2[C@@H]3O)c(=O)[nH]1. The van der Waals surface area contributed by atoms with Crippen LogP contribution in [0, 0.1) is 18.3 Å². The number of thiol groups is 1. The Morgan fingerprint density at radius 2 is 1.85 bits per heavy atom. The van der Waals surface area contributed by atoms with E-state index in [1.807, 2.05) is 0 Å². The summed E-state index contributed by atoms with van der Waals surface area (Å²) in [5.74, 6) is 0.0376. The number of nitrogens with one attached hydrogen (secondary N) is 1. The predicted octanol–water partition coefficient (Wildman–Crippen LogP) is 0.702. The van der Waals surface area contributed by atoms with Crippen molar-refractivity contribution in [1.29, 1.82) is 0 Å². The second-order valence-electron chi connectivity index (χ2n) is 11.7. The van der Waals surface area contributed by atoms with Gasteiger partial charge < -0.3 is 30.4 Å². The topological polar surface area (TPSA) is 265 Å². The summed E-state index contributed by atoms with van der Waals surface area (Å²) in [6.45, 7) is -3.47. The molecular weight excluding hydrogens is 688 g/mol. The van der Waals surface area contributed by atoms with Gasteiger partial charge in [0.2, 0.25) is 0 Å². The van der Waals surface area contributed by atoms with E-state index in [1.54, 1.807) is 11.5 Å². The fourth-order valence-corrected chi connectivity index (χ4v) is 11.1. The third kappa shape index (κ3) is 4.79. The highest BCUT2D eigenvalue weighted by molar-refractivity contribution is 8.44. The normalized spacial score (nSPS) is 41.1. The number of fused-ring (bicyclic) bond motifs is 4. The second-order valence-corrected chi connectivity index (χ2v) is 17.4. The van der Waals surface area contributed by atoms with Gasteiger partial charge in [-0.25, -0.2) is 34.0 Å². The van der Waals surface area contributed by atoms with Crippen LogP contribution in [-0.4, -0.2) is 97.0 Å². The van der Waals surface area contributed by atoms with E-state index in [0.717, 1.165) is 11.8 Å². The summed E-state index contributed by atoms with van der Waals surface area (Å²) in [6.07, 6.45) is -1.01. The van der Waals surface area contributed by atoms with Crippen molar-refractivity contribution in [2.24, 2.45) is 11.3 Å². The minimum atomic E-state index is -4.91.